The average Bonchev–Trinajstić information content (AvgIpc) is 3.12. The van der Waals surface area contributed by atoms with Crippen LogP contribution in [0.4, 0.5) is 0 Å². The fraction of sp³-hybridized carbons (Fsp3) is 0.929. The largest absolute Gasteiger partial charge is 0.396 e. The number of aliphatic hydroxyl groups excluding tert-OH is 1. The zero-order valence-electron chi connectivity index (χ0n) is 10.7. The van der Waals surface area contributed by atoms with Crippen molar-refractivity contribution < 1.29 is 9.90 Å². The molecule has 2 fully saturated rings. The van der Waals surface area contributed by atoms with Crippen molar-refractivity contribution in [3.63, 3.8) is 0 Å². The average molecular weight is 239 g/mol. The van der Waals surface area contributed by atoms with E-state index >= 15 is 0 Å². The van der Waals surface area contributed by atoms with Gasteiger partial charge in [-0.15, -0.1) is 0 Å². The van der Waals surface area contributed by atoms with E-state index in [2.05, 4.69) is 5.32 Å². The summed E-state index contributed by atoms with van der Waals surface area (Å²) in [5, 5.41) is 12.2. The molecule has 2 aliphatic carbocycles. The minimum Gasteiger partial charge on any atom is -0.396 e. The molecule has 0 unspecified atom stereocenters. The summed E-state index contributed by atoms with van der Waals surface area (Å²) >= 11 is 0. The highest BCUT2D eigenvalue weighted by molar-refractivity contribution is 5.76. The number of carbonyl (C=O) groups excluding carboxylic acids is 1. The first-order valence-electron chi connectivity index (χ1n) is 7.12. The van der Waals surface area contributed by atoms with Crippen LogP contribution in [0.15, 0.2) is 0 Å². The summed E-state index contributed by atoms with van der Waals surface area (Å²) < 4.78 is 0. The molecule has 0 aromatic heterocycles. The Hall–Kier alpha value is -0.570. The molecule has 98 valence electrons. The number of hydrogen-bond acceptors (Lipinski definition) is 2. The lowest BCUT2D eigenvalue weighted by Crippen LogP contribution is -2.32. The summed E-state index contributed by atoms with van der Waals surface area (Å²) in [5.41, 5.74) is 0.0408. The highest BCUT2D eigenvalue weighted by Gasteiger charge is 2.42. The Labute approximate surface area is 104 Å². The predicted octanol–water partition coefficient (Wildman–Crippen LogP) is 2.24. The van der Waals surface area contributed by atoms with Gasteiger partial charge in [-0.05, 0) is 31.6 Å². The van der Waals surface area contributed by atoms with Crippen molar-refractivity contribution in [2.45, 2.75) is 57.8 Å². The van der Waals surface area contributed by atoms with Gasteiger partial charge in [0.05, 0.1) is 6.61 Å². The maximum atomic E-state index is 11.8. The molecule has 0 saturated heterocycles. The maximum absolute atomic E-state index is 11.8. The maximum Gasteiger partial charge on any atom is 0.220 e. The Morgan fingerprint density at radius 2 is 1.82 bits per heavy atom. The van der Waals surface area contributed by atoms with Gasteiger partial charge in [-0.2, -0.15) is 0 Å². The summed E-state index contributed by atoms with van der Waals surface area (Å²) in [4.78, 5) is 11.8. The number of nitrogens with one attached hydrogen (secondary N) is 1. The highest BCUT2D eigenvalue weighted by atomic mass is 16.3. The van der Waals surface area contributed by atoms with E-state index in [1.54, 1.807) is 0 Å². The van der Waals surface area contributed by atoms with E-state index in [9.17, 15) is 9.90 Å². The van der Waals surface area contributed by atoms with Gasteiger partial charge >= 0.3 is 0 Å². The minimum absolute atomic E-state index is 0.0408. The van der Waals surface area contributed by atoms with E-state index in [4.69, 9.17) is 0 Å². The summed E-state index contributed by atoms with van der Waals surface area (Å²) in [5.74, 6) is 0.790. The Morgan fingerprint density at radius 3 is 2.35 bits per heavy atom. The van der Waals surface area contributed by atoms with E-state index < -0.39 is 0 Å². The molecule has 1 amide bonds. The van der Waals surface area contributed by atoms with Gasteiger partial charge in [-0.25, -0.2) is 0 Å². The molecule has 0 aliphatic heterocycles. The lowest BCUT2D eigenvalue weighted by molar-refractivity contribution is -0.122. The van der Waals surface area contributed by atoms with Gasteiger partial charge < -0.3 is 10.4 Å². The molecule has 0 radical (unpaired) electrons. The predicted molar refractivity (Wildman–Crippen MR) is 67.6 cm³/mol. The first-order valence-corrected chi connectivity index (χ1v) is 7.12. The van der Waals surface area contributed by atoms with Gasteiger partial charge in [-0.3, -0.25) is 4.79 Å². The molecular weight excluding hydrogens is 214 g/mol. The monoisotopic (exact) mass is 239 g/mol. The standard InChI is InChI=1S/C14H25NO2/c16-11-14(7-8-14)10-15-13(17)9-12-5-3-1-2-4-6-12/h12,16H,1-11H2,(H,15,17). The molecule has 3 heteroatoms. The SMILES string of the molecule is O=C(CC1CCCCCC1)NCC1(CO)CC1. The van der Waals surface area contributed by atoms with Crippen molar-refractivity contribution in [3.8, 4) is 0 Å². The van der Waals surface area contributed by atoms with Gasteiger partial charge in [-0.1, -0.05) is 25.7 Å². The number of carbonyl (C=O) groups is 1. The van der Waals surface area contributed by atoms with Gasteiger partial charge in [0.1, 0.15) is 0 Å². The van der Waals surface area contributed by atoms with Crippen LogP contribution in [0, 0.1) is 11.3 Å². The fourth-order valence-corrected chi connectivity index (χ4v) is 2.76. The Kier molecular flexibility index (Phi) is 4.43. The van der Waals surface area contributed by atoms with E-state index in [0.29, 0.717) is 18.9 Å². The van der Waals surface area contributed by atoms with Crippen molar-refractivity contribution in [2.75, 3.05) is 13.2 Å². The Balaban J connectivity index is 1.65. The molecule has 17 heavy (non-hydrogen) atoms. The van der Waals surface area contributed by atoms with Crippen LogP contribution < -0.4 is 5.32 Å². The van der Waals surface area contributed by atoms with Crippen molar-refractivity contribution in [3.05, 3.63) is 0 Å². The van der Waals surface area contributed by atoms with E-state index in [1.807, 2.05) is 0 Å². The number of rotatable bonds is 5. The first-order chi connectivity index (χ1) is 8.24. The molecule has 0 spiro atoms. The summed E-state index contributed by atoms with van der Waals surface area (Å²) in [6.45, 7) is 0.895. The molecule has 0 atom stereocenters. The van der Waals surface area contributed by atoms with Crippen LogP contribution in [-0.4, -0.2) is 24.2 Å². The zero-order valence-corrected chi connectivity index (χ0v) is 10.7. The third kappa shape index (κ3) is 3.98. The summed E-state index contributed by atoms with van der Waals surface area (Å²) in [6.07, 6.45) is 10.5. The lowest BCUT2D eigenvalue weighted by Gasteiger charge is -2.16. The molecule has 0 aromatic carbocycles. The van der Waals surface area contributed by atoms with Gasteiger partial charge in [0.15, 0.2) is 0 Å². The van der Waals surface area contributed by atoms with E-state index in [-0.39, 0.29) is 17.9 Å². The molecule has 3 nitrogen and oxygen atoms in total. The van der Waals surface area contributed by atoms with Crippen molar-refractivity contribution >= 4 is 5.91 Å². The van der Waals surface area contributed by atoms with E-state index in [0.717, 1.165) is 12.8 Å². The van der Waals surface area contributed by atoms with Crippen molar-refractivity contribution in [1.29, 1.82) is 0 Å². The second kappa shape index (κ2) is 5.85. The molecule has 2 rings (SSSR count). The third-order valence-corrected chi connectivity index (χ3v) is 4.40. The highest BCUT2D eigenvalue weighted by Crippen LogP contribution is 2.44. The van der Waals surface area contributed by atoms with Crippen LogP contribution in [0.2, 0.25) is 0 Å². The smallest absolute Gasteiger partial charge is 0.220 e. The molecule has 0 heterocycles. The zero-order chi connectivity index (χ0) is 12.1. The number of hydrogen-bond donors (Lipinski definition) is 2. The Morgan fingerprint density at radius 1 is 1.18 bits per heavy atom. The number of amides is 1. The quantitative estimate of drug-likeness (QED) is 0.723. The van der Waals surface area contributed by atoms with Gasteiger partial charge in [0, 0.05) is 18.4 Å². The fourth-order valence-electron chi connectivity index (χ4n) is 2.76. The van der Waals surface area contributed by atoms with Crippen LogP contribution in [-0.2, 0) is 4.79 Å². The lowest BCUT2D eigenvalue weighted by atomic mass is 9.96. The van der Waals surface area contributed by atoms with E-state index in [1.165, 1.54) is 38.5 Å². The second-order valence-corrected chi connectivity index (χ2v) is 6.00. The van der Waals surface area contributed by atoms with Crippen LogP contribution in [0.25, 0.3) is 0 Å². The first kappa shape index (κ1) is 12.9. The van der Waals surface area contributed by atoms with Crippen molar-refractivity contribution in [1.82, 2.24) is 5.32 Å². The molecule has 2 N–H and O–H groups in total. The van der Waals surface area contributed by atoms with Crippen LogP contribution in [0.3, 0.4) is 0 Å². The van der Waals surface area contributed by atoms with Crippen LogP contribution in [0.5, 0.6) is 0 Å². The van der Waals surface area contributed by atoms with Crippen molar-refractivity contribution in [2.24, 2.45) is 11.3 Å². The molecule has 0 bridgehead atoms. The number of aliphatic hydroxyl groups is 1. The Bertz CT molecular complexity index is 253. The van der Waals surface area contributed by atoms with Gasteiger partial charge in [0.2, 0.25) is 5.91 Å². The normalized spacial score (nSPS) is 24.1. The molecule has 2 saturated carbocycles. The minimum atomic E-state index is 0.0408. The molecule has 2 aliphatic rings. The van der Waals surface area contributed by atoms with Gasteiger partial charge in [0.25, 0.3) is 0 Å². The second-order valence-electron chi connectivity index (χ2n) is 6.00. The molecule has 0 aromatic rings. The topological polar surface area (TPSA) is 49.3 Å². The molecular formula is C14H25NO2. The third-order valence-electron chi connectivity index (χ3n) is 4.40. The summed E-state index contributed by atoms with van der Waals surface area (Å²) in [7, 11) is 0. The summed E-state index contributed by atoms with van der Waals surface area (Å²) in [6, 6.07) is 0. The van der Waals surface area contributed by atoms with Crippen LogP contribution in [0.1, 0.15) is 57.8 Å². The van der Waals surface area contributed by atoms with Crippen LogP contribution >= 0.6 is 0 Å².